The number of phenolic OH excluding ortho intramolecular Hbond substituents is 2. The minimum Gasteiger partial charge on any atom is -0.508 e. The summed E-state index contributed by atoms with van der Waals surface area (Å²) in [6.07, 6.45) is 0. The first-order valence-corrected chi connectivity index (χ1v) is 6.96. The van der Waals surface area contributed by atoms with Crippen LogP contribution in [0.5, 0.6) is 17.2 Å². The van der Waals surface area contributed by atoms with Crippen LogP contribution in [0, 0.1) is 0 Å². The summed E-state index contributed by atoms with van der Waals surface area (Å²) in [5.41, 5.74) is 0.159. The van der Waals surface area contributed by atoms with Crippen molar-refractivity contribution in [2.24, 2.45) is 0 Å². The molecule has 0 atom stereocenters. The molecule has 0 unspecified atom stereocenters. The van der Waals surface area contributed by atoms with Crippen molar-refractivity contribution < 1.29 is 19.7 Å². The summed E-state index contributed by atoms with van der Waals surface area (Å²) in [4.78, 5) is 11.7. The molecule has 0 aliphatic rings. The van der Waals surface area contributed by atoms with Gasteiger partial charge in [0.2, 0.25) is 0 Å². The van der Waals surface area contributed by atoms with Crippen LogP contribution in [-0.2, 0) is 0 Å². The number of phenols is 2. The molecule has 3 rings (SSSR count). The van der Waals surface area contributed by atoms with Crippen LogP contribution in [0.15, 0.2) is 84.9 Å². The molecule has 0 aliphatic heterocycles. The topological polar surface area (TPSA) is 66.8 Å². The predicted molar refractivity (Wildman–Crippen MR) is 87.6 cm³/mol. The molecule has 4 heteroatoms. The molecule has 0 heterocycles. The summed E-state index contributed by atoms with van der Waals surface area (Å²) in [6, 6.07) is 23.7. The predicted octanol–water partition coefficient (Wildman–Crippen LogP) is 4.00. The normalized spacial score (nSPS) is 9.39. The number of ether oxygens (including phenoxy) is 1. The second-order valence-corrected chi connectivity index (χ2v) is 4.56. The van der Waals surface area contributed by atoms with E-state index >= 15 is 0 Å². The maximum absolute atomic E-state index is 11.7. The average molecular weight is 308 g/mol. The molecule has 0 fully saturated rings. The van der Waals surface area contributed by atoms with E-state index in [-0.39, 0.29) is 11.3 Å². The Hall–Kier alpha value is -3.27. The molecular formula is C19H16O4. The Labute approximate surface area is 134 Å². The maximum Gasteiger partial charge on any atom is 0.347 e. The maximum atomic E-state index is 11.7. The van der Waals surface area contributed by atoms with Crippen molar-refractivity contribution in [2.75, 3.05) is 0 Å². The van der Waals surface area contributed by atoms with Gasteiger partial charge in [-0.3, -0.25) is 0 Å². The fraction of sp³-hybridized carbons (Fsp3) is 0. The Bertz CT molecular complexity index is 740. The summed E-state index contributed by atoms with van der Waals surface area (Å²) in [5, 5.41) is 18.1. The standard InChI is InChI=1S/C13H10O3.C6H6O/c14-12-9-5-4-8-11(12)13(15)16-10-6-2-1-3-7-10;7-6-4-2-1-3-5-6/h1-9,14H;1-5,7H. The van der Waals surface area contributed by atoms with Crippen molar-refractivity contribution in [3.05, 3.63) is 90.5 Å². The minimum absolute atomic E-state index is 0.0802. The van der Waals surface area contributed by atoms with E-state index in [1.165, 1.54) is 12.1 Å². The van der Waals surface area contributed by atoms with E-state index in [0.717, 1.165) is 0 Å². The highest BCUT2D eigenvalue weighted by Crippen LogP contribution is 2.18. The number of carbonyl (C=O) groups excluding carboxylic acids is 1. The molecule has 0 spiro atoms. The van der Waals surface area contributed by atoms with Crippen molar-refractivity contribution >= 4 is 5.97 Å². The zero-order valence-electron chi connectivity index (χ0n) is 12.3. The molecule has 0 aliphatic carbocycles. The first-order chi connectivity index (χ1) is 11.2. The lowest BCUT2D eigenvalue weighted by Crippen LogP contribution is -2.08. The van der Waals surface area contributed by atoms with Gasteiger partial charge in [-0.15, -0.1) is 0 Å². The number of hydrogen-bond donors (Lipinski definition) is 2. The van der Waals surface area contributed by atoms with Crippen molar-refractivity contribution in [1.82, 2.24) is 0 Å². The van der Waals surface area contributed by atoms with Gasteiger partial charge in [-0.2, -0.15) is 0 Å². The highest BCUT2D eigenvalue weighted by Gasteiger charge is 2.12. The largest absolute Gasteiger partial charge is 0.508 e. The number of rotatable bonds is 2. The average Bonchev–Trinajstić information content (AvgIpc) is 2.57. The number of para-hydroxylation sites is 3. The number of hydrogen-bond acceptors (Lipinski definition) is 4. The van der Waals surface area contributed by atoms with Crippen molar-refractivity contribution in [2.45, 2.75) is 0 Å². The van der Waals surface area contributed by atoms with Crippen LogP contribution in [0.25, 0.3) is 0 Å². The summed E-state index contributed by atoms with van der Waals surface area (Å²) < 4.78 is 5.08. The van der Waals surface area contributed by atoms with Crippen LogP contribution < -0.4 is 4.74 Å². The molecule has 3 aromatic carbocycles. The van der Waals surface area contributed by atoms with E-state index in [2.05, 4.69) is 0 Å². The lowest BCUT2D eigenvalue weighted by Gasteiger charge is -2.04. The molecular weight excluding hydrogens is 292 g/mol. The van der Waals surface area contributed by atoms with Crippen LogP contribution in [-0.4, -0.2) is 16.2 Å². The summed E-state index contributed by atoms with van der Waals surface area (Å²) in [7, 11) is 0. The molecule has 2 N–H and O–H groups in total. The van der Waals surface area contributed by atoms with E-state index in [9.17, 15) is 9.90 Å². The number of carbonyl (C=O) groups is 1. The third kappa shape index (κ3) is 5.21. The van der Waals surface area contributed by atoms with Crippen molar-refractivity contribution in [3.8, 4) is 17.2 Å². The minimum atomic E-state index is -0.565. The molecule has 0 bridgehead atoms. The molecule has 0 saturated heterocycles. The van der Waals surface area contributed by atoms with Gasteiger partial charge in [-0.05, 0) is 36.4 Å². The summed E-state index contributed by atoms with van der Waals surface area (Å²) in [5.74, 6) is 0.131. The van der Waals surface area contributed by atoms with Crippen molar-refractivity contribution in [3.63, 3.8) is 0 Å². The first kappa shape index (κ1) is 16.1. The number of esters is 1. The smallest absolute Gasteiger partial charge is 0.347 e. The van der Waals surface area contributed by atoms with Gasteiger partial charge in [0, 0.05) is 0 Å². The molecule has 4 nitrogen and oxygen atoms in total. The quantitative estimate of drug-likeness (QED) is 0.554. The summed E-state index contributed by atoms with van der Waals surface area (Å²) in [6.45, 7) is 0. The van der Waals surface area contributed by atoms with Gasteiger partial charge in [-0.1, -0.05) is 48.5 Å². The van der Waals surface area contributed by atoms with Gasteiger partial charge in [0.1, 0.15) is 22.8 Å². The Morgan fingerprint density at radius 1 is 0.696 bits per heavy atom. The zero-order chi connectivity index (χ0) is 16.5. The molecule has 116 valence electrons. The van der Waals surface area contributed by atoms with E-state index in [4.69, 9.17) is 9.84 Å². The van der Waals surface area contributed by atoms with Gasteiger partial charge in [0.25, 0.3) is 0 Å². The summed E-state index contributed by atoms with van der Waals surface area (Å²) >= 11 is 0. The van der Waals surface area contributed by atoms with Crippen LogP contribution in [0.4, 0.5) is 0 Å². The van der Waals surface area contributed by atoms with Gasteiger partial charge >= 0.3 is 5.97 Å². The molecule has 23 heavy (non-hydrogen) atoms. The lowest BCUT2D eigenvalue weighted by molar-refractivity contribution is 0.0731. The van der Waals surface area contributed by atoms with Gasteiger partial charge < -0.3 is 14.9 Å². The van der Waals surface area contributed by atoms with Crippen molar-refractivity contribution in [1.29, 1.82) is 0 Å². The van der Waals surface area contributed by atoms with Crippen LogP contribution in [0.2, 0.25) is 0 Å². The van der Waals surface area contributed by atoms with Gasteiger partial charge in [0.15, 0.2) is 0 Å². The third-order valence-corrected chi connectivity index (χ3v) is 2.83. The van der Waals surface area contributed by atoms with E-state index in [1.807, 2.05) is 12.1 Å². The Kier molecular flexibility index (Phi) is 5.77. The Balaban J connectivity index is 0.000000229. The van der Waals surface area contributed by atoms with E-state index in [1.54, 1.807) is 60.7 Å². The molecule has 0 amide bonds. The highest BCUT2D eigenvalue weighted by molar-refractivity contribution is 5.93. The monoisotopic (exact) mass is 308 g/mol. The SMILES string of the molecule is O=C(Oc1ccccc1)c1ccccc1O.Oc1ccccc1. The highest BCUT2D eigenvalue weighted by atomic mass is 16.5. The van der Waals surface area contributed by atoms with Crippen LogP contribution in [0.1, 0.15) is 10.4 Å². The molecule has 0 aromatic heterocycles. The second kappa shape index (κ2) is 8.24. The van der Waals surface area contributed by atoms with Gasteiger partial charge in [-0.25, -0.2) is 4.79 Å². The molecule has 0 saturated carbocycles. The number of aromatic hydroxyl groups is 2. The van der Waals surface area contributed by atoms with Crippen LogP contribution >= 0.6 is 0 Å². The zero-order valence-corrected chi connectivity index (χ0v) is 12.3. The first-order valence-electron chi connectivity index (χ1n) is 6.96. The van der Waals surface area contributed by atoms with Crippen LogP contribution in [0.3, 0.4) is 0 Å². The third-order valence-electron chi connectivity index (χ3n) is 2.83. The Morgan fingerprint density at radius 3 is 1.74 bits per heavy atom. The Morgan fingerprint density at radius 2 is 1.22 bits per heavy atom. The lowest BCUT2D eigenvalue weighted by atomic mass is 10.2. The molecule has 3 aromatic rings. The van der Waals surface area contributed by atoms with Gasteiger partial charge in [0.05, 0.1) is 0 Å². The van der Waals surface area contributed by atoms with E-state index < -0.39 is 5.97 Å². The number of benzene rings is 3. The fourth-order valence-electron chi connectivity index (χ4n) is 1.72. The molecule has 0 radical (unpaired) electrons. The second-order valence-electron chi connectivity index (χ2n) is 4.56. The van der Waals surface area contributed by atoms with E-state index in [0.29, 0.717) is 11.5 Å². The fourth-order valence-corrected chi connectivity index (χ4v) is 1.72.